The van der Waals surface area contributed by atoms with Crippen molar-refractivity contribution in [1.82, 2.24) is 4.98 Å². The molecule has 146 valence electrons. The van der Waals surface area contributed by atoms with Crippen LogP contribution in [0.2, 0.25) is 0 Å². The van der Waals surface area contributed by atoms with Crippen molar-refractivity contribution in [2.45, 2.75) is 6.61 Å². The number of nitrogens with two attached hydrogens (primary N) is 1. The summed E-state index contributed by atoms with van der Waals surface area (Å²) in [6.07, 6.45) is 0. The molecule has 8 heteroatoms. The normalized spacial score (nSPS) is 10.8. The monoisotopic (exact) mass is 412 g/mol. The maximum Gasteiger partial charge on any atom is 0.254 e. The number of thiazole rings is 1. The summed E-state index contributed by atoms with van der Waals surface area (Å²) in [6, 6.07) is 16.9. The SMILES string of the molecule is NC(=O)c1c(F)ccc(OCc2nc3cc(Oc4ccccc4)ccc3s2)c1F. The molecule has 2 N–H and O–H groups in total. The Balaban J connectivity index is 1.52. The summed E-state index contributed by atoms with van der Waals surface area (Å²) in [7, 11) is 0. The number of aromatic nitrogens is 1. The summed E-state index contributed by atoms with van der Waals surface area (Å²) in [5.41, 5.74) is 4.90. The zero-order valence-corrected chi connectivity index (χ0v) is 15.7. The molecule has 0 saturated carbocycles. The predicted molar refractivity (Wildman–Crippen MR) is 105 cm³/mol. The molecule has 0 atom stereocenters. The highest BCUT2D eigenvalue weighted by molar-refractivity contribution is 7.18. The summed E-state index contributed by atoms with van der Waals surface area (Å²) in [5.74, 6) is -2.28. The number of halogens is 2. The average molecular weight is 412 g/mol. The Morgan fingerprint density at radius 1 is 1.03 bits per heavy atom. The lowest BCUT2D eigenvalue weighted by atomic mass is 10.2. The maximum atomic E-state index is 14.3. The molecular weight excluding hydrogens is 398 g/mol. The highest BCUT2D eigenvalue weighted by Gasteiger charge is 2.19. The molecule has 0 aliphatic heterocycles. The first kappa shape index (κ1) is 18.8. The minimum Gasteiger partial charge on any atom is -0.483 e. The van der Waals surface area contributed by atoms with Crippen LogP contribution >= 0.6 is 11.3 Å². The number of hydrogen-bond donors (Lipinski definition) is 1. The van der Waals surface area contributed by atoms with Crippen LogP contribution in [0.15, 0.2) is 60.7 Å². The molecule has 29 heavy (non-hydrogen) atoms. The fraction of sp³-hybridized carbons (Fsp3) is 0.0476. The number of carbonyl (C=O) groups is 1. The van der Waals surface area contributed by atoms with E-state index < -0.39 is 23.1 Å². The number of para-hydroxylation sites is 1. The topological polar surface area (TPSA) is 74.4 Å². The standard InChI is InChI=1S/C21H14F2N2O3S/c22-14-7-8-16(20(23)19(14)21(24)26)27-11-18-25-15-10-13(6-9-17(15)29-18)28-12-4-2-1-3-5-12/h1-10H,11H2,(H2,24,26). The Hall–Kier alpha value is -3.52. The number of fused-ring (bicyclic) bond motifs is 1. The van der Waals surface area contributed by atoms with Gasteiger partial charge < -0.3 is 15.2 Å². The smallest absolute Gasteiger partial charge is 0.254 e. The van der Waals surface area contributed by atoms with Crippen LogP contribution in [0, 0.1) is 11.6 Å². The van der Waals surface area contributed by atoms with E-state index in [2.05, 4.69) is 4.98 Å². The molecule has 0 bridgehead atoms. The van der Waals surface area contributed by atoms with Crippen molar-refractivity contribution < 1.29 is 23.0 Å². The van der Waals surface area contributed by atoms with Crippen LogP contribution in [0.4, 0.5) is 8.78 Å². The second kappa shape index (κ2) is 7.84. The van der Waals surface area contributed by atoms with E-state index in [0.29, 0.717) is 22.0 Å². The van der Waals surface area contributed by atoms with Crippen molar-refractivity contribution in [2.24, 2.45) is 5.73 Å². The molecule has 0 unspecified atom stereocenters. The third-order valence-corrected chi connectivity index (χ3v) is 5.05. The number of primary amides is 1. The molecule has 4 rings (SSSR count). The lowest BCUT2D eigenvalue weighted by Gasteiger charge is -2.08. The van der Waals surface area contributed by atoms with Crippen molar-refractivity contribution in [2.75, 3.05) is 0 Å². The van der Waals surface area contributed by atoms with Crippen LogP contribution in [-0.4, -0.2) is 10.9 Å². The lowest BCUT2D eigenvalue weighted by molar-refractivity contribution is 0.0991. The van der Waals surface area contributed by atoms with E-state index in [1.54, 1.807) is 6.07 Å². The molecule has 0 fully saturated rings. The first-order valence-corrected chi connectivity index (χ1v) is 9.36. The van der Waals surface area contributed by atoms with Crippen LogP contribution in [-0.2, 0) is 6.61 Å². The number of carbonyl (C=O) groups excluding carboxylic acids is 1. The summed E-state index contributed by atoms with van der Waals surface area (Å²) >= 11 is 1.37. The van der Waals surface area contributed by atoms with Gasteiger partial charge in [0.1, 0.15) is 34.5 Å². The van der Waals surface area contributed by atoms with E-state index in [4.69, 9.17) is 15.2 Å². The Morgan fingerprint density at radius 3 is 2.59 bits per heavy atom. The summed E-state index contributed by atoms with van der Waals surface area (Å²) in [5, 5.41) is 0.584. The number of amides is 1. The Morgan fingerprint density at radius 2 is 1.83 bits per heavy atom. The van der Waals surface area contributed by atoms with E-state index >= 15 is 0 Å². The van der Waals surface area contributed by atoms with Crippen molar-refractivity contribution in [1.29, 1.82) is 0 Å². The second-order valence-corrected chi connectivity index (χ2v) is 7.15. The van der Waals surface area contributed by atoms with Gasteiger partial charge in [0.25, 0.3) is 5.91 Å². The quantitative estimate of drug-likeness (QED) is 0.481. The molecule has 1 aromatic heterocycles. The molecule has 0 spiro atoms. The van der Waals surface area contributed by atoms with E-state index in [1.165, 1.54) is 11.3 Å². The second-order valence-electron chi connectivity index (χ2n) is 6.04. The van der Waals surface area contributed by atoms with Gasteiger partial charge >= 0.3 is 0 Å². The summed E-state index contributed by atoms with van der Waals surface area (Å²) in [4.78, 5) is 15.7. The van der Waals surface area contributed by atoms with Gasteiger partial charge in [0.15, 0.2) is 11.6 Å². The van der Waals surface area contributed by atoms with Crippen LogP contribution < -0.4 is 15.2 Å². The lowest BCUT2D eigenvalue weighted by Crippen LogP contribution is -2.16. The van der Waals surface area contributed by atoms with Gasteiger partial charge in [0.05, 0.1) is 10.2 Å². The third-order valence-electron chi connectivity index (χ3n) is 4.04. The van der Waals surface area contributed by atoms with E-state index in [0.717, 1.165) is 16.8 Å². The van der Waals surface area contributed by atoms with E-state index in [1.807, 2.05) is 42.5 Å². The van der Waals surface area contributed by atoms with Gasteiger partial charge in [0.2, 0.25) is 0 Å². The zero-order chi connectivity index (χ0) is 20.4. The number of hydrogen-bond acceptors (Lipinski definition) is 5. The minimum atomic E-state index is -1.20. The van der Waals surface area contributed by atoms with Crippen LogP contribution in [0.25, 0.3) is 10.2 Å². The number of benzene rings is 3. The Bertz CT molecular complexity index is 1200. The fourth-order valence-electron chi connectivity index (χ4n) is 2.72. The highest BCUT2D eigenvalue weighted by Crippen LogP contribution is 2.30. The van der Waals surface area contributed by atoms with Gasteiger partial charge in [-0.3, -0.25) is 4.79 Å². The first-order chi connectivity index (χ1) is 14.0. The fourth-order valence-corrected chi connectivity index (χ4v) is 3.58. The van der Waals surface area contributed by atoms with E-state index in [-0.39, 0.29) is 12.4 Å². The Labute approximate surface area is 168 Å². The van der Waals surface area contributed by atoms with Gasteiger partial charge in [-0.15, -0.1) is 11.3 Å². The third kappa shape index (κ3) is 4.02. The van der Waals surface area contributed by atoms with E-state index in [9.17, 15) is 13.6 Å². The molecule has 0 aliphatic rings. The van der Waals surface area contributed by atoms with Gasteiger partial charge in [-0.05, 0) is 36.4 Å². The summed E-state index contributed by atoms with van der Waals surface area (Å²) in [6.45, 7) is -0.0467. The maximum absolute atomic E-state index is 14.3. The van der Waals surface area contributed by atoms with Gasteiger partial charge in [-0.1, -0.05) is 18.2 Å². The highest BCUT2D eigenvalue weighted by atomic mass is 32.1. The first-order valence-electron chi connectivity index (χ1n) is 8.54. The molecule has 1 amide bonds. The molecule has 0 radical (unpaired) electrons. The van der Waals surface area contributed by atoms with Crippen molar-refractivity contribution in [3.05, 3.63) is 82.9 Å². The Kier molecular flexibility index (Phi) is 5.09. The number of ether oxygens (including phenoxy) is 2. The minimum absolute atomic E-state index is 0.0467. The molecule has 0 aliphatic carbocycles. The van der Waals surface area contributed by atoms with Crippen molar-refractivity contribution in [3.63, 3.8) is 0 Å². The van der Waals surface area contributed by atoms with Crippen LogP contribution in [0.3, 0.4) is 0 Å². The molecular formula is C21H14F2N2O3S. The summed E-state index contributed by atoms with van der Waals surface area (Å²) < 4.78 is 39.9. The van der Waals surface area contributed by atoms with Gasteiger partial charge in [-0.25, -0.2) is 13.8 Å². The average Bonchev–Trinajstić information content (AvgIpc) is 3.10. The molecule has 0 saturated heterocycles. The largest absolute Gasteiger partial charge is 0.483 e. The van der Waals surface area contributed by atoms with Crippen molar-refractivity contribution in [3.8, 4) is 17.2 Å². The van der Waals surface area contributed by atoms with Crippen LogP contribution in [0.1, 0.15) is 15.4 Å². The predicted octanol–water partition coefficient (Wildman–Crippen LogP) is 5.04. The number of rotatable bonds is 6. The zero-order valence-electron chi connectivity index (χ0n) is 14.9. The van der Waals surface area contributed by atoms with Gasteiger partial charge in [0, 0.05) is 6.07 Å². The van der Waals surface area contributed by atoms with Crippen LogP contribution in [0.5, 0.6) is 17.2 Å². The van der Waals surface area contributed by atoms with Gasteiger partial charge in [-0.2, -0.15) is 0 Å². The molecule has 3 aromatic carbocycles. The number of nitrogens with zero attached hydrogens (tertiary/aromatic N) is 1. The molecule has 1 heterocycles. The van der Waals surface area contributed by atoms with Crippen molar-refractivity contribution >= 4 is 27.5 Å². The molecule has 4 aromatic rings. The molecule has 5 nitrogen and oxygen atoms in total.